The van der Waals surface area contributed by atoms with Gasteiger partial charge in [-0.1, -0.05) is 11.6 Å². The Hall–Kier alpha value is -2.28. The van der Waals surface area contributed by atoms with E-state index in [0.717, 1.165) is 6.26 Å². The van der Waals surface area contributed by atoms with Gasteiger partial charge in [-0.05, 0) is 19.1 Å². The van der Waals surface area contributed by atoms with Crippen LogP contribution >= 0.6 is 11.6 Å². The first-order valence-corrected chi connectivity index (χ1v) is 6.52. The lowest BCUT2D eigenvalue weighted by Crippen LogP contribution is -2.31. The molecule has 1 amide bonds. The molecule has 0 bridgehead atoms. The minimum Gasteiger partial charge on any atom is -0.493 e. The quantitative estimate of drug-likeness (QED) is 0.848. The van der Waals surface area contributed by atoms with Crippen molar-refractivity contribution in [3.05, 3.63) is 35.4 Å². The molecule has 1 aliphatic rings. The Kier molecular flexibility index (Phi) is 4.99. The summed E-state index contributed by atoms with van der Waals surface area (Å²) in [7, 11) is 0. The van der Waals surface area contributed by atoms with Crippen LogP contribution in [0.3, 0.4) is 0 Å². The number of carbonyl (C=O) groups is 2. The van der Waals surface area contributed by atoms with Crippen LogP contribution < -0.4 is 5.32 Å². The van der Waals surface area contributed by atoms with E-state index in [0.29, 0.717) is 17.4 Å². The molecule has 1 aliphatic heterocycles. The summed E-state index contributed by atoms with van der Waals surface area (Å²) < 4.78 is 15.0. The molecule has 0 spiro atoms. The van der Waals surface area contributed by atoms with E-state index in [9.17, 15) is 9.59 Å². The summed E-state index contributed by atoms with van der Waals surface area (Å²) in [5, 5.41) is 2.95. The van der Waals surface area contributed by atoms with Gasteiger partial charge < -0.3 is 19.5 Å². The standard InChI is InChI=1S/C13H13ClN2O5/c1-8(21-13(18)10-7-19-4-5-20-10)12(17)16-11-3-2-9(14)6-15-11/h2-3,6-8H,4-5H2,1H3,(H,15,16,17)/t8-/m0/s1. The molecule has 1 N–H and O–H groups in total. The van der Waals surface area contributed by atoms with Gasteiger partial charge in [0.25, 0.3) is 5.91 Å². The minimum absolute atomic E-state index is 0.0643. The molecule has 0 saturated carbocycles. The molecular weight excluding hydrogens is 300 g/mol. The van der Waals surface area contributed by atoms with E-state index >= 15 is 0 Å². The van der Waals surface area contributed by atoms with Crippen LogP contribution in [0.4, 0.5) is 5.82 Å². The Balaban J connectivity index is 1.88. The maximum absolute atomic E-state index is 11.9. The summed E-state index contributed by atoms with van der Waals surface area (Å²) in [5.74, 6) is -1.04. The van der Waals surface area contributed by atoms with E-state index < -0.39 is 18.0 Å². The molecule has 2 rings (SSSR count). The van der Waals surface area contributed by atoms with Gasteiger partial charge in [0.2, 0.25) is 5.76 Å². The van der Waals surface area contributed by atoms with Crippen LogP contribution in [0.15, 0.2) is 30.4 Å². The number of rotatable bonds is 4. The van der Waals surface area contributed by atoms with E-state index in [1.54, 1.807) is 6.07 Å². The summed E-state index contributed by atoms with van der Waals surface area (Å²) in [4.78, 5) is 27.5. The summed E-state index contributed by atoms with van der Waals surface area (Å²) in [5.41, 5.74) is 0. The molecule has 7 nitrogen and oxygen atoms in total. The lowest BCUT2D eigenvalue weighted by molar-refractivity contribution is -0.153. The fraction of sp³-hybridized carbons (Fsp3) is 0.308. The van der Waals surface area contributed by atoms with Crippen molar-refractivity contribution < 1.29 is 23.8 Å². The fourth-order valence-corrected chi connectivity index (χ4v) is 1.54. The Bertz CT molecular complexity index is 558. The van der Waals surface area contributed by atoms with Crippen LogP contribution in [0.5, 0.6) is 0 Å². The van der Waals surface area contributed by atoms with Crippen LogP contribution in [0.1, 0.15) is 6.92 Å². The summed E-state index contributed by atoms with van der Waals surface area (Å²) in [6, 6.07) is 3.12. The highest BCUT2D eigenvalue weighted by molar-refractivity contribution is 6.30. The lowest BCUT2D eigenvalue weighted by atomic mass is 10.3. The van der Waals surface area contributed by atoms with Gasteiger partial charge in [0.05, 0.1) is 5.02 Å². The molecule has 0 aliphatic carbocycles. The van der Waals surface area contributed by atoms with Crippen LogP contribution in [0.2, 0.25) is 5.02 Å². The molecular formula is C13H13ClN2O5. The third kappa shape index (κ3) is 4.35. The van der Waals surface area contributed by atoms with E-state index in [4.69, 9.17) is 25.8 Å². The zero-order valence-corrected chi connectivity index (χ0v) is 11.9. The number of aromatic nitrogens is 1. The number of carbonyl (C=O) groups excluding carboxylic acids is 2. The Morgan fingerprint density at radius 3 is 2.86 bits per heavy atom. The molecule has 0 saturated heterocycles. The van der Waals surface area contributed by atoms with Gasteiger partial charge in [0.15, 0.2) is 6.10 Å². The van der Waals surface area contributed by atoms with Gasteiger partial charge in [-0.3, -0.25) is 4.79 Å². The first-order valence-electron chi connectivity index (χ1n) is 6.14. The van der Waals surface area contributed by atoms with Crippen molar-refractivity contribution in [3.63, 3.8) is 0 Å². The maximum atomic E-state index is 11.9. The lowest BCUT2D eigenvalue weighted by Gasteiger charge is -2.17. The van der Waals surface area contributed by atoms with Crippen molar-refractivity contribution in [2.75, 3.05) is 18.5 Å². The van der Waals surface area contributed by atoms with Crippen LogP contribution in [-0.2, 0) is 23.8 Å². The number of ether oxygens (including phenoxy) is 3. The van der Waals surface area contributed by atoms with E-state index in [2.05, 4.69) is 10.3 Å². The minimum atomic E-state index is -1.01. The second kappa shape index (κ2) is 6.94. The second-order valence-electron chi connectivity index (χ2n) is 4.10. The molecule has 21 heavy (non-hydrogen) atoms. The Morgan fingerprint density at radius 1 is 1.43 bits per heavy atom. The number of nitrogens with one attached hydrogen (secondary N) is 1. The number of halogens is 1. The van der Waals surface area contributed by atoms with Gasteiger partial charge in [-0.2, -0.15) is 0 Å². The highest BCUT2D eigenvalue weighted by Gasteiger charge is 2.23. The normalized spacial score (nSPS) is 15.0. The summed E-state index contributed by atoms with van der Waals surface area (Å²) in [6.45, 7) is 2.07. The molecule has 1 aromatic rings. The van der Waals surface area contributed by atoms with Gasteiger partial charge >= 0.3 is 5.97 Å². The molecule has 1 aromatic heterocycles. The third-order valence-corrected chi connectivity index (χ3v) is 2.71. The van der Waals surface area contributed by atoms with Crippen molar-refractivity contribution in [2.24, 2.45) is 0 Å². The van der Waals surface area contributed by atoms with Crippen molar-refractivity contribution in [3.8, 4) is 0 Å². The molecule has 0 fully saturated rings. The van der Waals surface area contributed by atoms with Crippen molar-refractivity contribution in [2.45, 2.75) is 13.0 Å². The Labute approximate surface area is 125 Å². The first kappa shape index (κ1) is 15.1. The van der Waals surface area contributed by atoms with Gasteiger partial charge in [-0.15, -0.1) is 0 Å². The van der Waals surface area contributed by atoms with Gasteiger partial charge in [0.1, 0.15) is 25.3 Å². The largest absolute Gasteiger partial charge is 0.493 e. The van der Waals surface area contributed by atoms with Crippen molar-refractivity contribution in [1.82, 2.24) is 4.98 Å². The molecule has 2 heterocycles. The average Bonchev–Trinajstić information content (AvgIpc) is 2.50. The first-order chi connectivity index (χ1) is 10.1. The highest BCUT2D eigenvalue weighted by atomic mass is 35.5. The van der Waals surface area contributed by atoms with Crippen LogP contribution in [0, 0.1) is 0 Å². The van der Waals surface area contributed by atoms with Gasteiger partial charge in [0, 0.05) is 6.20 Å². The predicted octanol–water partition coefficient (Wildman–Crippen LogP) is 1.49. The summed E-state index contributed by atoms with van der Waals surface area (Å²) >= 11 is 5.69. The Morgan fingerprint density at radius 2 is 2.24 bits per heavy atom. The number of hydrogen-bond donors (Lipinski definition) is 1. The summed E-state index contributed by atoms with van der Waals surface area (Å²) in [6.07, 6.45) is 1.55. The second-order valence-corrected chi connectivity index (χ2v) is 4.54. The molecule has 112 valence electrons. The van der Waals surface area contributed by atoms with E-state index in [-0.39, 0.29) is 12.4 Å². The number of anilines is 1. The smallest absolute Gasteiger partial charge is 0.377 e. The molecule has 0 unspecified atom stereocenters. The molecule has 8 heteroatoms. The van der Waals surface area contributed by atoms with E-state index in [1.807, 2.05) is 0 Å². The monoisotopic (exact) mass is 312 g/mol. The topological polar surface area (TPSA) is 86.8 Å². The molecule has 0 aromatic carbocycles. The molecule has 1 atom stereocenters. The van der Waals surface area contributed by atoms with E-state index in [1.165, 1.54) is 19.2 Å². The predicted molar refractivity (Wildman–Crippen MR) is 73.4 cm³/mol. The van der Waals surface area contributed by atoms with Crippen LogP contribution in [-0.4, -0.2) is 36.2 Å². The number of pyridine rings is 1. The number of hydrogen-bond acceptors (Lipinski definition) is 6. The number of esters is 1. The SMILES string of the molecule is C[C@H](OC(=O)C1=COCCO1)C(=O)Nc1ccc(Cl)cn1. The van der Waals surface area contributed by atoms with Crippen molar-refractivity contribution >= 4 is 29.3 Å². The highest BCUT2D eigenvalue weighted by Crippen LogP contribution is 2.11. The average molecular weight is 313 g/mol. The fourth-order valence-electron chi connectivity index (χ4n) is 1.43. The third-order valence-electron chi connectivity index (χ3n) is 2.48. The zero-order valence-electron chi connectivity index (χ0n) is 11.2. The maximum Gasteiger partial charge on any atom is 0.377 e. The van der Waals surface area contributed by atoms with Gasteiger partial charge in [-0.25, -0.2) is 9.78 Å². The van der Waals surface area contributed by atoms with Crippen LogP contribution in [0.25, 0.3) is 0 Å². The van der Waals surface area contributed by atoms with Crippen molar-refractivity contribution in [1.29, 1.82) is 0 Å². The zero-order chi connectivity index (χ0) is 15.2. The number of nitrogens with zero attached hydrogens (tertiary/aromatic N) is 1. The molecule has 0 radical (unpaired) electrons. The number of amides is 1.